The lowest BCUT2D eigenvalue weighted by molar-refractivity contribution is -0.132. The van der Waals surface area contributed by atoms with E-state index in [0.29, 0.717) is 17.9 Å². The Morgan fingerprint density at radius 3 is 2.43 bits per heavy atom. The smallest absolute Gasteiger partial charge is 0.245 e. The van der Waals surface area contributed by atoms with Gasteiger partial charge in [0.15, 0.2) is 0 Å². The molecule has 3 heteroatoms. The Balaban J connectivity index is 1.83. The van der Waals surface area contributed by atoms with Gasteiger partial charge in [0.2, 0.25) is 5.91 Å². The first-order valence-corrected chi connectivity index (χ1v) is 8.21. The van der Waals surface area contributed by atoms with Gasteiger partial charge in [0.05, 0.1) is 6.17 Å². The Kier molecular flexibility index (Phi) is 4.03. The van der Waals surface area contributed by atoms with E-state index in [1.165, 1.54) is 12.8 Å². The third-order valence-corrected chi connectivity index (χ3v) is 4.77. The molecule has 1 aliphatic carbocycles. The third kappa shape index (κ3) is 2.98. The fraction of sp³-hybridized carbons (Fsp3) is 0.611. The van der Waals surface area contributed by atoms with Gasteiger partial charge >= 0.3 is 0 Å². The molecule has 1 aliphatic heterocycles. The zero-order valence-electron chi connectivity index (χ0n) is 13.3. The highest BCUT2D eigenvalue weighted by molar-refractivity contribution is 5.86. The van der Waals surface area contributed by atoms with Crippen molar-refractivity contribution >= 4 is 5.91 Å². The van der Waals surface area contributed by atoms with Gasteiger partial charge in [-0.15, -0.1) is 0 Å². The molecule has 0 aromatic heterocycles. The maximum atomic E-state index is 12.9. The largest absolute Gasteiger partial charge is 0.322 e. The highest BCUT2D eigenvalue weighted by Crippen LogP contribution is 2.39. The van der Waals surface area contributed by atoms with Gasteiger partial charge in [-0.25, -0.2) is 0 Å². The van der Waals surface area contributed by atoms with Crippen LogP contribution in [0.2, 0.25) is 0 Å². The van der Waals surface area contributed by atoms with Crippen molar-refractivity contribution in [2.75, 3.05) is 0 Å². The first kappa shape index (κ1) is 14.6. The van der Waals surface area contributed by atoms with Crippen LogP contribution in [0.4, 0.5) is 0 Å². The maximum absolute atomic E-state index is 12.9. The van der Waals surface area contributed by atoms with E-state index in [4.69, 9.17) is 0 Å². The van der Waals surface area contributed by atoms with E-state index in [9.17, 15) is 4.79 Å². The summed E-state index contributed by atoms with van der Waals surface area (Å²) in [6.07, 6.45) is 3.75. The number of amides is 1. The van der Waals surface area contributed by atoms with Gasteiger partial charge in [0, 0.05) is 6.04 Å². The quantitative estimate of drug-likeness (QED) is 0.900. The molecule has 3 nitrogen and oxygen atoms in total. The second-order valence-electron chi connectivity index (χ2n) is 6.98. The summed E-state index contributed by atoms with van der Waals surface area (Å²) in [6, 6.07) is 10.3. The number of hydrogen-bond donors (Lipinski definition) is 1. The molecule has 21 heavy (non-hydrogen) atoms. The SMILES string of the molecule is CC(C)CC1NC(c2ccccc2)C(=O)N1C(C)C1CC1. The fourth-order valence-electron chi connectivity index (χ4n) is 3.45. The summed E-state index contributed by atoms with van der Waals surface area (Å²) in [4.78, 5) is 15.1. The van der Waals surface area contributed by atoms with Crippen LogP contribution in [0.25, 0.3) is 0 Å². The Labute approximate surface area is 127 Å². The molecule has 3 unspecified atom stereocenters. The van der Waals surface area contributed by atoms with Crippen molar-refractivity contribution in [1.82, 2.24) is 10.2 Å². The molecule has 1 aromatic rings. The lowest BCUT2D eigenvalue weighted by Gasteiger charge is -2.31. The summed E-state index contributed by atoms with van der Waals surface area (Å²) >= 11 is 0. The summed E-state index contributed by atoms with van der Waals surface area (Å²) in [5.41, 5.74) is 1.08. The molecule has 1 aromatic carbocycles. The van der Waals surface area contributed by atoms with Crippen molar-refractivity contribution in [3.63, 3.8) is 0 Å². The van der Waals surface area contributed by atoms with Crippen molar-refractivity contribution in [3.8, 4) is 0 Å². The molecule has 2 fully saturated rings. The summed E-state index contributed by atoms with van der Waals surface area (Å²) in [5.74, 6) is 1.55. The normalized spacial score (nSPS) is 27.4. The third-order valence-electron chi connectivity index (χ3n) is 4.77. The Morgan fingerprint density at radius 1 is 1.19 bits per heavy atom. The van der Waals surface area contributed by atoms with Crippen molar-refractivity contribution in [1.29, 1.82) is 0 Å². The summed E-state index contributed by atoms with van der Waals surface area (Å²) in [7, 11) is 0. The predicted octanol–water partition coefficient (Wildman–Crippen LogP) is 3.33. The monoisotopic (exact) mass is 286 g/mol. The van der Waals surface area contributed by atoms with Crippen LogP contribution in [-0.4, -0.2) is 23.0 Å². The number of rotatable bonds is 5. The van der Waals surface area contributed by atoms with Crippen molar-refractivity contribution in [3.05, 3.63) is 35.9 Å². The lowest BCUT2D eigenvalue weighted by atomic mass is 10.1. The molecular formula is C18H26N2O. The van der Waals surface area contributed by atoms with Crippen LogP contribution in [-0.2, 0) is 4.79 Å². The molecule has 3 atom stereocenters. The van der Waals surface area contributed by atoms with Gasteiger partial charge in [0.1, 0.15) is 6.04 Å². The standard InChI is InChI=1S/C18H26N2O/c1-12(2)11-16-19-17(15-7-5-4-6-8-15)18(21)20(16)13(3)14-9-10-14/h4-8,12-14,16-17,19H,9-11H2,1-3H3. The van der Waals surface area contributed by atoms with E-state index in [1.807, 2.05) is 30.3 Å². The summed E-state index contributed by atoms with van der Waals surface area (Å²) < 4.78 is 0. The zero-order chi connectivity index (χ0) is 15.0. The van der Waals surface area contributed by atoms with Crippen LogP contribution in [0.15, 0.2) is 30.3 Å². The van der Waals surface area contributed by atoms with Crippen molar-refractivity contribution < 1.29 is 4.79 Å². The molecule has 0 spiro atoms. The van der Waals surface area contributed by atoms with E-state index in [1.54, 1.807) is 0 Å². The molecule has 1 N–H and O–H groups in total. The van der Waals surface area contributed by atoms with Crippen molar-refractivity contribution in [2.24, 2.45) is 11.8 Å². The average Bonchev–Trinajstić information content (AvgIpc) is 3.25. The molecule has 1 saturated heterocycles. The van der Waals surface area contributed by atoms with E-state index in [0.717, 1.165) is 12.0 Å². The molecule has 3 rings (SSSR count). The van der Waals surface area contributed by atoms with E-state index >= 15 is 0 Å². The number of carbonyl (C=O) groups is 1. The van der Waals surface area contributed by atoms with Crippen LogP contribution in [0.5, 0.6) is 0 Å². The van der Waals surface area contributed by atoms with E-state index in [-0.39, 0.29) is 18.1 Å². The number of nitrogens with zero attached hydrogens (tertiary/aromatic N) is 1. The van der Waals surface area contributed by atoms with Crippen LogP contribution in [0, 0.1) is 11.8 Å². The van der Waals surface area contributed by atoms with Gasteiger partial charge in [-0.2, -0.15) is 0 Å². The van der Waals surface area contributed by atoms with Gasteiger partial charge in [-0.05, 0) is 43.6 Å². The molecule has 1 heterocycles. The van der Waals surface area contributed by atoms with Gasteiger partial charge in [0.25, 0.3) is 0 Å². The Bertz CT molecular complexity index is 495. The maximum Gasteiger partial charge on any atom is 0.245 e. The minimum Gasteiger partial charge on any atom is -0.322 e. The zero-order valence-corrected chi connectivity index (χ0v) is 13.3. The minimum atomic E-state index is -0.170. The second-order valence-corrected chi connectivity index (χ2v) is 6.98. The lowest BCUT2D eigenvalue weighted by Crippen LogP contribution is -2.44. The van der Waals surface area contributed by atoms with Gasteiger partial charge in [-0.1, -0.05) is 44.2 Å². The first-order valence-electron chi connectivity index (χ1n) is 8.21. The molecule has 114 valence electrons. The second kappa shape index (κ2) is 5.80. The predicted molar refractivity (Wildman–Crippen MR) is 84.6 cm³/mol. The average molecular weight is 286 g/mol. The van der Waals surface area contributed by atoms with Crippen LogP contribution < -0.4 is 5.32 Å². The number of hydrogen-bond acceptors (Lipinski definition) is 2. The van der Waals surface area contributed by atoms with Gasteiger partial charge < -0.3 is 4.90 Å². The molecule has 0 bridgehead atoms. The first-order chi connectivity index (χ1) is 10.1. The van der Waals surface area contributed by atoms with Crippen LogP contribution in [0.3, 0.4) is 0 Å². The highest BCUT2D eigenvalue weighted by Gasteiger charge is 2.45. The van der Waals surface area contributed by atoms with Crippen LogP contribution >= 0.6 is 0 Å². The van der Waals surface area contributed by atoms with Crippen molar-refractivity contribution in [2.45, 2.75) is 58.3 Å². The van der Waals surface area contributed by atoms with E-state index < -0.39 is 0 Å². The fourth-order valence-corrected chi connectivity index (χ4v) is 3.45. The minimum absolute atomic E-state index is 0.170. The molecule has 0 radical (unpaired) electrons. The molecular weight excluding hydrogens is 260 g/mol. The Hall–Kier alpha value is -1.35. The van der Waals surface area contributed by atoms with E-state index in [2.05, 4.69) is 31.0 Å². The topological polar surface area (TPSA) is 32.3 Å². The van der Waals surface area contributed by atoms with Crippen LogP contribution in [0.1, 0.15) is 51.6 Å². The highest BCUT2D eigenvalue weighted by atomic mass is 16.2. The molecule has 2 aliphatic rings. The van der Waals surface area contributed by atoms with Gasteiger partial charge in [-0.3, -0.25) is 10.1 Å². The summed E-state index contributed by atoms with van der Waals surface area (Å²) in [5, 5.41) is 3.58. The summed E-state index contributed by atoms with van der Waals surface area (Å²) in [6.45, 7) is 6.67. The number of carbonyl (C=O) groups excluding carboxylic acids is 1. The molecule has 1 amide bonds. The molecule has 1 saturated carbocycles. The number of nitrogens with one attached hydrogen (secondary N) is 1. The Morgan fingerprint density at radius 2 is 1.86 bits per heavy atom. The number of benzene rings is 1.